The first kappa shape index (κ1) is 16.5. The number of amides is 1. The predicted molar refractivity (Wildman–Crippen MR) is 89.6 cm³/mol. The van der Waals surface area contributed by atoms with Crippen LogP contribution in [0.3, 0.4) is 0 Å². The highest BCUT2D eigenvalue weighted by atomic mass is 16.5. The summed E-state index contributed by atoms with van der Waals surface area (Å²) in [6, 6.07) is 9.46. The van der Waals surface area contributed by atoms with Crippen LogP contribution in [0.4, 0.5) is 0 Å². The summed E-state index contributed by atoms with van der Waals surface area (Å²) in [6.07, 6.45) is 2.09. The van der Waals surface area contributed by atoms with E-state index in [2.05, 4.69) is 10.3 Å². The summed E-state index contributed by atoms with van der Waals surface area (Å²) in [4.78, 5) is 26.9. The van der Waals surface area contributed by atoms with E-state index in [4.69, 9.17) is 4.74 Å². The number of benzene rings is 1. The number of para-hydroxylation sites is 1. The molecule has 0 aliphatic heterocycles. The van der Waals surface area contributed by atoms with E-state index in [1.807, 2.05) is 24.3 Å². The average molecular weight is 330 g/mol. The molecule has 1 amide bonds. The predicted octanol–water partition coefficient (Wildman–Crippen LogP) is 1.99. The molecule has 0 spiro atoms. The lowest BCUT2D eigenvalue weighted by molar-refractivity contribution is -0.148. The van der Waals surface area contributed by atoms with Crippen LogP contribution in [0.15, 0.2) is 30.3 Å². The van der Waals surface area contributed by atoms with Gasteiger partial charge in [-0.05, 0) is 37.8 Å². The molecule has 1 fully saturated rings. The molecular weight excluding hydrogens is 308 g/mol. The zero-order valence-electron chi connectivity index (χ0n) is 13.7. The smallest absolute Gasteiger partial charge is 0.308 e. The molecule has 1 heterocycles. The number of aliphatic hydroxyl groups is 1. The first-order valence-electron chi connectivity index (χ1n) is 8.17. The Balaban J connectivity index is 1.57. The van der Waals surface area contributed by atoms with Gasteiger partial charge in [0, 0.05) is 17.4 Å². The number of fused-ring (bicyclic) bond motifs is 1. The van der Waals surface area contributed by atoms with E-state index in [-0.39, 0.29) is 24.3 Å². The molecule has 2 aromatic rings. The van der Waals surface area contributed by atoms with Crippen molar-refractivity contribution in [3.8, 4) is 0 Å². The van der Waals surface area contributed by atoms with E-state index in [1.54, 1.807) is 6.07 Å². The lowest BCUT2D eigenvalue weighted by Crippen LogP contribution is -2.46. The molecule has 6 heteroatoms. The summed E-state index contributed by atoms with van der Waals surface area (Å²) in [6.45, 7) is 0.176. The van der Waals surface area contributed by atoms with Crippen LogP contribution in [-0.2, 0) is 9.53 Å². The van der Waals surface area contributed by atoms with E-state index < -0.39 is 5.60 Å². The highest BCUT2D eigenvalue weighted by Crippen LogP contribution is 2.32. The minimum Gasteiger partial charge on any atom is -0.469 e. The van der Waals surface area contributed by atoms with Crippen LogP contribution in [-0.4, -0.2) is 41.2 Å². The van der Waals surface area contributed by atoms with Crippen LogP contribution < -0.4 is 5.32 Å². The number of aromatic nitrogens is 1. The van der Waals surface area contributed by atoms with Crippen LogP contribution in [0, 0.1) is 5.92 Å². The zero-order chi connectivity index (χ0) is 17.2. The van der Waals surface area contributed by atoms with Gasteiger partial charge < -0.3 is 20.1 Å². The van der Waals surface area contributed by atoms with Crippen LogP contribution in [0.25, 0.3) is 10.9 Å². The largest absolute Gasteiger partial charge is 0.469 e. The third-order valence-corrected chi connectivity index (χ3v) is 4.80. The van der Waals surface area contributed by atoms with Crippen LogP contribution in [0.5, 0.6) is 0 Å². The van der Waals surface area contributed by atoms with Crippen molar-refractivity contribution in [1.82, 2.24) is 10.3 Å². The van der Waals surface area contributed by atoms with Gasteiger partial charge in [-0.2, -0.15) is 0 Å². The van der Waals surface area contributed by atoms with Crippen molar-refractivity contribution in [2.24, 2.45) is 5.92 Å². The van der Waals surface area contributed by atoms with Gasteiger partial charge in [-0.15, -0.1) is 0 Å². The van der Waals surface area contributed by atoms with Gasteiger partial charge in [-0.25, -0.2) is 0 Å². The van der Waals surface area contributed by atoms with Crippen molar-refractivity contribution in [2.45, 2.75) is 31.3 Å². The topological polar surface area (TPSA) is 91.4 Å². The second-order valence-electron chi connectivity index (χ2n) is 6.47. The first-order valence-corrected chi connectivity index (χ1v) is 8.17. The van der Waals surface area contributed by atoms with Crippen molar-refractivity contribution >= 4 is 22.8 Å². The number of methoxy groups -OCH3 is 1. The van der Waals surface area contributed by atoms with Crippen LogP contribution in [0.1, 0.15) is 36.2 Å². The van der Waals surface area contributed by atoms with E-state index in [1.165, 1.54) is 7.11 Å². The fraction of sp³-hybridized carbons (Fsp3) is 0.444. The minimum absolute atomic E-state index is 0.153. The van der Waals surface area contributed by atoms with Gasteiger partial charge in [0.2, 0.25) is 0 Å². The van der Waals surface area contributed by atoms with Crippen molar-refractivity contribution in [1.29, 1.82) is 0 Å². The van der Waals surface area contributed by atoms with Crippen molar-refractivity contribution in [3.05, 3.63) is 36.0 Å². The molecule has 1 aliphatic rings. The van der Waals surface area contributed by atoms with Gasteiger partial charge in [0.25, 0.3) is 5.91 Å². The van der Waals surface area contributed by atoms with Gasteiger partial charge in [0.15, 0.2) is 0 Å². The minimum atomic E-state index is -0.966. The fourth-order valence-corrected chi connectivity index (χ4v) is 3.27. The number of hydrogen-bond acceptors (Lipinski definition) is 4. The number of rotatable bonds is 4. The standard InChI is InChI=1S/C18H22N2O4/c1-24-17(22)12-6-8-18(23,9-7-12)11-19-16(21)15-10-13-4-2-3-5-14(13)20-15/h2-5,10,12,20,23H,6-9,11H2,1H3,(H,19,21). The van der Waals surface area contributed by atoms with Gasteiger partial charge in [-0.1, -0.05) is 18.2 Å². The van der Waals surface area contributed by atoms with Crippen LogP contribution >= 0.6 is 0 Å². The third kappa shape index (κ3) is 3.43. The Kier molecular flexibility index (Phi) is 4.57. The molecule has 128 valence electrons. The number of hydrogen-bond donors (Lipinski definition) is 3. The third-order valence-electron chi connectivity index (χ3n) is 4.80. The molecule has 24 heavy (non-hydrogen) atoms. The molecule has 0 atom stereocenters. The lowest BCUT2D eigenvalue weighted by atomic mass is 9.79. The number of ether oxygens (including phenoxy) is 1. The maximum Gasteiger partial charge on any atom is 0.308 e. The van der Waals surface area contributed by atoms with E-state index in [9.17, 15) is 14.7 Å². The number of carbonyl (C=O) groups is 2. The van der Waals surface area contributed by atoms with Crippen molar-refractivity contribution < 1.29 is 19.4 Å². The van der Waals surface area contributed by atoms with Gasteiger partial charge in [-0.3, -0.25) is 9.59 Å². The molecule has 3 rings (SSSR count). The second kappa shape index (κ2) is 6.65. The number of esters is 1. The Bertz CT molecular complexity index is 711. The molecule has 3 N–H and O–H groups in total. The summed E-state index contributed by atoms with van der Waals surface area (Å²) in [7, 11) is 1.38. The van der Waals surface area contributed by atoms with Gasteiger partial charge >= 0.3 is 5.97 Å². The molecule has 0 saturated heterocycles. The van der Waals surface area contributed by atoms with E-state index in [0.29, 0.717) is 31.4 Å². The molecule has 6 nitrogen and oxygen atoms in total. The first-order chi connectivity index (χ1) is 11.5. The Morgan fingerprint density at radius 2 is 2.04 bits per heavy atom. The molecule has 1 aromatic carbocycles. The fourth-order valence-electron chi connectivity index (χ4n) is 3.27. The number of carbonyl (C=O) groups excluding carboxylic acids is 2. The SMILES string of the molecule is COC(=O)C1CCC(O)(CNC(=O)c2cc3ccccc3[nH]2)CC1. The molecule has 0 unspecified atom stereocenters. The number of nitrogens with one attached hydrogen (secondary N) is 2. The quantitative estimate of drug-likeness (QED) is 0.748. The van der Waals surface area contributed by atoms with E-state index >= 15 is 0 Å². The monoisotopic (exact) mass is 330 g/mol. The second-order valence-corrected chi connectivity index (χ2v) is 6.47. The molecule has 1 saturated carbocycles. The van der Waals surface area contributed by atoms with Crippen molar-refractivity contribution in [2.75, 3.05) is 13.7 Å². The lowest BCUT2D eigenvalue weighted by Gasteiger charge is -2.35. The summed E-state index contributed by atoms with van der Waals surface area (Å²) in [5.41, 5.74) is 0.412. The normalized spacial score (nSPS) is 23.8. The van der Waals surface area contributed by atoms with Crippen LogP contribution in [0.2, 0.25) is 0 Å². The Morgan fingerprint density at radius 3 is 2.71 bits per heavy atom. The summed E-state index contributed by atoms with van der Waals surface area (Å²) < 4.78 is 4.75. The molecule has 0 radical (unpaired) electrons. The molecule has 1 aliphatic carbocycles. The Morgan fingerprint density at radius 1 is 1.33 bits per heavy atom. The number of aromatic amines is 1. The highest BCUT2D eigenvalue weighted by Gasteiger charge is 2.36. The molecular formula is C18H22N2O4. The zero-order valence-corrected chi connectivity index (χ0v) is 13.7. The summed E-state index contributed by atoms with van der Waals surface area (Å²) >= 11 is 0. The number of H-pyrrole nitrogens is 1. The summed E-state index contributed by atoms with van der Waals surface area (Å²) in [5, 5.41) is 14.4. The Labute approximate surface area is 140 Å². The van der Waals surface area contributed by atoms with Gasteiger partial charge in [0.05, 0.1) is 18.6 Å². The van der Waals surface area contributed by atoms with E-state index in [0.717, 1.165) is 10.9 Å². The maximum absolute atomic E-state index is 12.3. The summed E-state index contributed by atoms with van der Waals surface area (Å²) in [5.74, 6) is -0.617. The Hall–Kier alpha value is -2.34. The maximum atomic E-state index is 12.3. The van der Waals surface area contributed by atoms with Crippen molar-refractivity contribution in [3.63, 3.8) is 0 Å². The molecule has 0 bridgehead atoms. The van der Waals surface area contributed by atoms with Gasteiger partial charge in [0.1, 0.15) is 5.69 Å². The molecule has 1 aromatic heterocycles. The average Bonchev–Trinajstić information content (AvgIpc) is 3.04. The highest BCUT2D eigenvalue weighted by molar-refractivity contribution is 5.98.